The standard InChI is InChI=1S/C16H24FN3O/c1-10(2)19-16(21)11-3-6-13(7-4-11)20-15-9-12(17)5-8-14(15)18/h5,8-11,13,20H,3-4,6-7,18H2,1-2H3,(H,19,21)/t11-,13+. The van der Waals surface area contributed by atoms with Gasteiger partial charge in [-0.2, -0.15) is 0 Å². The van der Waals surface area contributed by atoms with E-state index < -0.39 is 0 Å². The van der Waals surface area contributed by atoms with Gasteiger partial charge in [-0.25, -0.2) is 4.39 Å². The highest BCUT2D eigenvalue weighted by molar-refractivity contribution is 5.79. The molecule has 0 heterocycles. The van der Waals surface area contributed by atoms with Gasteiger partial charge in [-0.05, 0) is 57.7 Å². The van der Waals surface area contributed by atoms with Crippen LogP contribution in [-0.2, 0) is 4.79 Å². The third-order valence-electron chi connectivity index (χ3n) is 3.90. The molecule has 4 nitrogen and oxygen atoms in total. The number of anilines is 2. The molecule has 1 amide bonds. The first-order chi connectivity index (χ1) is 9.95. The Morgan fingerprint density at radius 2 is 1.95 bits per heavy atom. The lowest BCUT2D eigenvalue weighted by molar-refractivity contribution is -0.126. The lowest BCUT2D eigenvalue weighted by Crippen LogP contribution is -2.38. The van der Waals surface area contributed by atoms with Crippen LogP contribution in [0.5, 0.6) is 0 Å². The van der Waals surface area contributed by atoms with Crippen LogP contribution in [0.15, 0.2) is 18.2 Å². The molecular weight excluding hydrogens is 269 g/mol. The minimum Gasteiger partial charge on any atom is -0.397 e. The SMILES string of the molecule is CC(C)NC(=O)[C@H]1CC[C@@H](Nc2cc(F)ccc2N)CC1. The molecule has 0 saturated heterocycles. The Hall–Kier alpha value is -1.78. The molecule has 1 aliphatic rings. The molecule has 0 atom stereocenters. The Balaban J connectivity index is 1.87. The average molecular weight is 293 g/mol. The van der Waals surface area contributed by atoms with E-state index in [4.69, 9.17) is 5.73 Å². The highest BCUT2D eigenvalue weighted by atomic mass is 19.1. The second-order valence-corrected chi connectivity index (χ2v) is 6.09. The number of halogens is 1. The van der Waals surface area contributed by atoms with Crippen molar-refractivity contribution in [3.63, 3.8) is 0 Å². The quantitative estimate of drug-likeness (QED) is 0.748. The number of amides is 1. The first-order valence-corrected chi connectivity index (χ1v) is 7.57. The summed E-state index contributed by atoms with van der Waals surface area (Å²) in [6.07, 6.45) is 3.50. The zero-order valence-corrected chi connectivity index (χ0v) is 12.7. The fraction of sp³-hybridized carbons (Fsp3) is 0.562. The summed E-state index contributed by atoms with van der Waals surface area (Å²) in [4.78, 5) is 12.0. The fourth-order valence-corrected chi connectivity index (χ4v) is 2.78. The van der Waals surface area contributed by atoms with Gasteiger partial charge in [0.2, 0.25) is 5.91 Å². The van der Waals surface area contributed by atoms with Gasteiger partial charge >= 0.3 is 0 Å². The van der Waals surface area contributed by atoms with Crippen molar-refractivity contribution in [2.24, 2.45) is 5.92 Å². The lowest BCUT2D eigenvalue weighted by atomic mass is 9.85. The highest BCUT2D eigenvalue weighted by Gasteiger charge is 2.26. The molecular formula is C16H24FN3O. The number of rotatable bonds is 4. The van der Waals surface area contributed by atoms with Crippen LogP contribution in [0.4, 0.5) is 15.8 Å². The average Bonchev–Trinajstić information content (AvgIpc) is 2.43. The Morgan fingerprint density at radius 3 is 2.57 bits per heavy atom. The largest absolute Gasteiger partial charge is 0.397 e. The van der Waals surface area contributed by atoms with Crippen molar-refractivity contribution in [1.82, 2.24) is 5.32 Å². The minimum atomic E-state index is -0.295. The Bertz CT molecular complexity index is 496. The van der Waals surface area contributed by atoms with Gasteiger partial charge in [0.15, 0.2) is 0 Å². The van der Waals surface area contributed by atoms with E-state index in [9.17, 15) is 9.18 Å². The van der Waals surface area contributed by atoms with Crippen LogP contribution >= 0.6 is 0 Å². The monoisotopic (exact) mass is 293 g/mol. The molecule has 116 valence electrons. The molecule has 1 fully saturated rings. The van der Waals surface area contributed by atoms with Gasteiger partial charge in [-0.1, -0.05) is 0 Å². The maximum absolute atomic E-state index is 13.2. The van der Waals surface area contributed by atoms with Crippen LogP contribution in [-0.4, -0.2) is 18.0 Å². The van der Waals surface area contributed by atoms with Crippen LogP contribution < -0.4 is 16.4 Å². The van der Waals surface area contributed by atoms with Gasteiger partial charge in [-0.15, -0.1) is 0 Å². The molecule has 0 spiro atoms. The van der Waals surface area contributed by atoms with E-state index in [1.165, 1.54) is 12.1 Å². The molecule has 2 rings (SSSR count). The Kier molecular flexibility index (Phi) is 5.04. The van der Waals surface area contributed by atoms with E-state index in [0.29, 0.717) is 11.4 Å². The summed E-state index contributed by atoms with van der Waals surface area (Å²) in [6.45, 7) is 3.94. The molecule has 0 aliphatic heterocycles. The number of hydrogen-bond acceptors (Lipinski definition) is 3. The first kappa shape index (κ1) is 15.6. The highest BCUT2D eigenvalue weighted by Crippen LogP contribution is 2.29. The van der Waals surface area contributed by atoms with E-state index in [1.54, 1.807) is 6.07 Å². The van der Waals surface area contributed by atoms with E-state index in [1.807, 2.05) is 13.8 Å². The van der Waals surface area contributed by atoms with Crippen LogP contribution in [0.1, 0.15) is 39.5 Å². The third kappa shape index (κ3) is 4.34. The number of benzene rings is 1. The van der Waals surface area contributed by atoms with Crippen molar-refractivity contribution in [2.75, 3.05) is 11.1 Å². The van der Waals surface area contributed by atoms with Crippen LogP contribution in [0, 0.1) is 11.7 Å². The maximum Gasteiger partial charge on any atom is 0.223 e. The molecule has 1 aromatic carbocycles. The minimum absolute atomic E-state index is 0.0929. The number of nitrogen functional groups attached to an aromatic ring is 1. The van der Waals surface area contributed by atoms with Crippen LogP contribution in [0.2, 0.25) is 0 Å². The van der Waals surface area contributed by atoms with Crippen molar-refractivity contribution in [3.05, 3.63) is 24.0 Å². The molecule has 1 aliphatic carbocycles. The summed E-state index contributed by atoms with van der Waals surface area (Å²) in [7, 11) is 0. The molecule has 0 radical (unpaired) electrons. The molecule has 5 heteroatoms. The molecule has 1 aromatic rings. The molecule has 21 heavy (non-hydrogen) atoms. The van der Waals surface area contributed by atoms with E-state index in [-0.39, 0.29) is 29.7 Å². The van der Waals surface area contributed by atoms with Gasteiger partial charge in [0.05, 0.1) is 11.4 Å². The van der Waals surface area contributed by atoms with Gasteiger partial charge in [0, 0.05) is 18.0 Å². The van der Waals surface area contributed by atoms with Crippen molar-refractivity contribution in [3.8, 4) is 0 Å². The number of carbonyl (C=O) groups is 1. The van der Waals surface area contributed by atoms with Crippen molar-refractivity contribution in [1.29, 1.82) is 0 Å². The van der Waals surface area contributed by atoms with E-state index in [0.717, 1.165) is 25.7 Å². The van der Waals surface area contributed by atoms with Gasteiger partial charge in [0.25, 0.3) is 0 Å². The molecule has 0 unspecified atom stereocenters. The summed E-state index contributed by atoms with van der Waals surface area (Å²) >= 11 is 0. The molecule has 1 saturated carbocycles. The van der Waals surface area contributed by atoms with E-state index >= 15 is 0 Å². The van der Waals surface area contributed by atoms with Gasteiger partial charge < -0.3 is 16.4 Å². The summed E-state index contributed by atoms with van der Waals surface area (Å²) in [6, 6.07) is 4.78. The van der Waals surface area contributed by atoms with E-state index in [2.05, 4.69) is 10.6 Å². The van der Waals surface area contributed by atoms with Gasteiger partial charge in [-0.3, -0.25) is 4.79 Å². The molecule has 0 bridgehead atoms. The second-order valence-electron chi connectivity index (χ2n) is 6.09. The maximum atomic E-state index is 13.2. The summed E-state index contributed by atoms with van der Waals surface area (Å²) < 4.78 is 13.2. The fourth-order valence-electron chi connectivity index (χ4n) is 2.78. The normalized spacial score (nSPS) is 22.1. The predicted molar refractivity (Wildman–Crippen MR) is 83.5 cm³/mol. The zero-order chi connectivity index (χ0) is 15.4. The Labute approximate surface area is 125 Å². The van der Waals surface area contributed by atoms with Crippen molar-refractivity contribution in [2.45, 2.75) is 51.6 Å². The van der Waals surface area contributed by atoms with Crippen LogP contribution in [0.25, 0.3) is 0 Å². The first-order valence-electron chi connectivity index (χ1n) is 7.57. The predicted octanol–water partition coefficient (Wildman–Crippen LogP) is 2.90. The number of nitrogens with two attached hydrogens (primary N) is 1. The molecule has 4 N–H and O–H groups in total. The number of hydrogen-bond donors (Lipinski definition) is 3. The van der Waals surface area contributed by atoms with Crippen LogP contribution in [0.3, 0.4) is 0 Å². The summed E-state index contributed by atoms with van der Waals surface area (Å²) in [5, 5.41) is 6.26. The second kappa shape index (κ2) is 6.78. The third-order valence-corrected chi connectivity index (χ3v) is 3.90. The van der Waals surface area contributed by atoms with Crippen molar-refractivity contribution < 1.29 is 9.18 Å². The molecule has 0 aromatic heterocycles. The summed E-state index contributed by atoms with van der Waals surface area (Å²) in [5.74, 6) is -0.0549. The van der Waals surface area contributed by atoms with Crippen molar-refractivity contribution >= 4 is 17.3 Å². The smallest absolute Gasteiger partial charge is 0.223 e. The summed E-state index contributed by atoms with van der Waals surface area (Å²) in [5.41, 5.74) is 7.04. The van der Waals surface area contributed by atoms with Gasteiger partial charge in [0.1, 0.15) is 5.82 Å². The topological polar surface area (TPSA) is 67.2 Å². The number of nitrogens with one attached hydrogen (secondary N) is 2. The zero-order valence-electron chi connectivity index (χ0n) is 12.7. The lowest BCUT2D eigenvalue weighted by Gasteiger charge is -2.30. The number of carbonyl (C=O) groups excluding carboxylic acids is 1. The Morgan fingerprint density at radius 1 is 1.29 bits per heavy atom.